The van der Waals surface area contributed by atoms with Gasteiger partial charge in [-0.05, 0) is 87.2 Å². The summed E-state index contributed by atoms with van der Waals surface area (Å²) in [4.78, 5) is 25.2. The second kappa shape index (κ2) is 7.33. The second-order valence-electron chi connectivity index (χ2n) is 9.93. The molecule has 4 aliphatic carbocycles. The summed E-state index contributed by atoms with van der Waals surface area (Å²) in [6.07, 6.45) is 10.1. The first-order valence-corrected chi connectivity index (χ1v) is 11.5. The molecule has 4 fully saturated rings. The quantitative estimate of drug-likeness (QED) is 0.772. The number of carbonyl (C=O) groups is 1. The number of para-hydroxylation sites is 2. The second-order valence-corrected chi connectivity index (χ2v) is 9.93. The van der Waals surface area contributed by atoms with Gasteiger partial charge in [-0.1, -0.05) is 12.1 Å². The Kier molecular flexibility index (Phi) is 4.79. The first-order valence-electron chi connectivity index (χ1n) is 11.5. The van der Waals surface area contributed by atoms with Crippen LogP contribution in [0.3, 0.4) is 0 Å². The number of benzene rings is 1. The molecule has 0 spiro atoms. The predicted molar refractivity (Wildman–Crippen MR) is 115 cm³/mol. The summed E-state index contributed by atoms with van der Waals surface area (Å²) in [5, 5.41) is 3.16. The van der Waals surface area contributed by atoms with Gasteiger partial charge in [-0.3, -0.25) is 13.9 Å². The number of hydrogen-bond acceptors (Lipinski definition) is 2. The molecule has 1 amide bonds. The van der Waals surface area contributed by atoms with E-state index in [9.17, 15) is 9.59 Å². The van der Waals surface area contributed by atoms with E-state index >= 15 is 0 Å². The number of nitrogens with one attached hydrogen (secondary N) is 1. The molecule has 1 aromatic heterocycles. The van der Waals surface area contributed by atoms with Gasteiger partial charge in [0.2, 0.25) is 5.91 Å². The molecule has 4 bridgehead atoms. The molecule has 1 N–H and O–H groups in total. The van der Waals surface area contributed by atoms with Gasteiger partial charge in [-0.2, -0.15) is 0 Å². The standard InChI is InChI=1S/C24H33N3O2/c1-2-26-20-5-3-4-6-21(20)27(23(26)29)10-7-22(28)25-9-8-24-14-17-11-18(15-24)13-19(12-17)16-24/h3-6,17-19H,2,7-16H2,1H3,(H,25,28). The summed E-state index contributed by atoms with van der Waals surface area (Å²) in [5.74, 6) is 2.94. The molecule has 156 valence electrons. The highest BCUT2D eigenvalue weighted by Gasteiger charge is 2.50. The van der Waals surface area contributed by atoms with Crippen LogP contribution in [0.1, 0.15) is 58.3 Å². The fourth-order valence-corrected chi connectivity index (χ4v) is 7.16. The fourth-order valence-electron chi connectivity index (χ4n) is 7.16. The molecule has 6 rings (SSSR count). The van der Waals surface area contributed by atoms with Crippen molar-refractivity contribution in [3.05, 3.63) is 34.7 Å². The summed E-state index contributed by atoms with van der Waals surface area (Å²) < 4.78 is 3.53. The van der Waals surface area contributed by atoms with Crippen molar-refractivity contribution in [1.82, 2.24) is 14.5 Å². The van der Waals surface area contributed by atoms with Gasteiger partial charge in [0.05, 0.1) is 11.0 Å². The van der Waals surface area contributed by atoms with Gasteiger partial charge in [0.15, 0.2) is 0 Å². The Labute approximate surface area is 172 Å². The normalized spacial score (nSPS) is 30.2. The molecule has 4 aliphatic rings. The van der Waals surface area contributed by atoms with Crippen molar-refractivity contribution in [2.75, 3.05) is 6.54 Å². The lowest BCUT2D eigenvalue weighted by atomic mass is 9.49. The van der Waals surface area contributed by atoms with Crippen LogP contribution in [0.5, 0.6) is 0 Å². The summed E-state index contributed by atoms with van der Waals surface area (Å²) in [5.41, 5.74) is 2.35. The highest BCUT2D eigenvalue weighted by atomic mass is 16.2. The Morgan fingerprint density at radius 1 is 1.03 bits per heavy atom. The van der Waals surface area contributed by atoms with Crippen molar-refractivity contribution in [2.24, 2.45) is 23.2 Å². The van der Waals surface area contributed by atoms with Gasteiger partial charge < -0.3 is 5.32 Å². The third-order valence-electron chi connectivity index (χ3n) is 7.95. The molecule has 0 unspecified atom stereocenters. The van der Waals surface area contributed by atoms with Gasteiger partial charge in [0.1, 0.15) is 0 Å². The van der Waals surface area contributed by atoms with E-state index in [1.54, 1.807) is 9.13 Å². The SMILES string of the molecule is CCn1c(=O)n(CCC(=O)NCCC23CC4CC(CC(C4)C2)C3)c2ccccc21. The van der Waals surface area contributed by atoms with Crippen LogP contribution in [0.15, 0.2) is 29.1 Å². The smallest absolute Gasteiger partial charge is 0.329 e. The first kappa shape index (κ1) is 19.0. The Hall–Kier alpha value is -2.04. The van der Waals surface area contributed by atoms with Crippen LogP contribution >= 0.6 is 0 Å². The van der Waals surface area contributed by atoms with E-state index < -0.39 is 0 Å². The Balaban J connectivity index is 1.17. The minimum atomic E-state index is -0.0185. The van der Waals surface area contributed by atoms with Gasteiger partial charge in [0.25, 0.3) is 0 Å². The maximum atomic E-state index is 12.7. The van der Waals surface area contributed by atoms with Gasteiger partial charge in [0, 0.05) is 26.1 Å². The summed E-state index contributed by atoms with van der Waals surface area (Å²) in [7, 11) is 0. The molecular weight excluding hydrogens is 362 g/mol. The molecule has 0 atom stereocenters. The molecule has 29 heavy (non-hydrogen) atoms. The van der Waals surface area contributed by atoms with Crippen molar-refractivity contribution in [1.29, 1.82) is 0 Å². The van der Waals surface area contributed by atoms with Crippen LogP contribution in [-0.2, 0) is 17.9 Å². The number of imidazole rings is 1. The molecular formula is C24H33N3O2. The largest absolute Gasteiger partial charge is 0.356 e. The number of amides is 1. The third-order valence-corrected chi connectivity index (χ3v) is 7.95. The third kappa shape index (κ3) is 3.43. The molecule has 0 radical (unpaired) electrons. The minimum absolute atomic E-state index is 0.0185. The maximum Gasteiger partial charge on any atom is 0.329 e. The highest BCUT2D eigenvalue weighted by Crippen LogP contribution is 2.61. The lowest BCUT2D eigenvalue weighted by Crippen LogP contribution is -2.47. The Bertz CT molecular complexity index is 935. The average Bonchev–Trinajstić information content (AvgIpc) is 2.95. The van der Waals surface area contributed by atoms with Crippen LogP contribution in [-0.4, -0.2) is 21.6 Å². The zero-order valence-corrected chi connectivity index (χ0v) is 17.5. The van der Waals surface area contributed by atoms with Gasteiger partial charge in [-0.25, -0.2) is 4.79 Å². The average molecular weight is 396 g/mol. The molecule has 1 heterocycles. The van der Waals surface area contributed by atoms with Crippen molar-refractivity contribution in [3.63, 3.8) is 0 Å². The Morgan fingerprint density at radius 3 is 2.21 bits per heavy atom. The van der Waals surface area contributed by atoms with Crippen molar-refractivity contribution in [3.8, 4) is 0 Å². The van der Waals surface area contributed by atoms with E-state index in [0.29, 0.717) is 24.9 Å². The topological polar surface area (TPSA) is 56.0 Å². The van der Waals surface area contributed by atoms with Crippen molar-refractivity contribution >= 4 is 16.9 Å². The lowest BCUT2D eigenvalue weighted by molar-refractivity contribution is -0.121. The number of carbonyl (C=O) groups excluding carboxylic acids is 1. The van der Waals surface area contributed by atoms with E-state index in [1.807, 2.05) is 31.2 Å². The van der Waals surface area contributed by atoms with E-state index in [2.05, 4.69) is 5.32 Å². The van der Waals surface area contributed by atoms with Crippen LogP contribution in [0.4, 0.5) is 0 Å². The number of nitrogens with zero attached hydrogens (tertiary/aromatic N) is 2. The molecule has 5 heteroatoms. The van der Waals surface area contributed by atoms with Gasteiger partial charge in [-0.15, -0.1) is 0 Å². The molecule has 2 aromatic rings. The number of aromatic nitrogens is 2. The zero-order chi connectivity index (χ0) is 20.0. The minimum Gasteiger partial charge on any atom is -0.356 e. The summed E-state index contributed by atoms with van der Waals surface area (Å²) in [6, 6.07) is 7.84. The van der Waals surface area contributed by atoms with Gasteiger partial charge >= 0.3 is 5.69 Å². The number of hydrogen-bond donors (Lipinski definition) is 1. The highest BCUT2D eigenvalue weighted by molar-refractivity contribution is 5.78. The predicted octanol–water partition coefficient (Wildman–Crippen LogP) is 3.94. The van der Waals surface area contributed by atoms with E-state index in [4.69, 9.17) is 0 Å². The molecule has 0 saturated heterocycles. The maximum absolute atomic E-state index is 12.7. The zero-order valence-electron chi connectivity index (χ0n) is 17.5. The number of fused-ring (bicyclic) bond motifs is 1. The van der Waals surface area contributed by atoms with E-state index in [1.165, 1.54) is 38.5 Å². The van der Waals surface area contributed by atoms with Crippen LogP contribution in [0.2, 0.25) is 0 Å². The number of aryl methyl sites for hydroxylation is 2. The molecule has 1 aromatic carbocycles. The van der Waals surface area contributed by atoms with E-state index in [0.717, 1.165) is 41.8 Å². The number of rotatable bonds is 7. The Morgan fingerprint density at radius 2 is 1.62 bits per heavy atom. The van der Waals surface area contributed by atoms with E-state index in [-0.39, 0.29) is 11.6 Å². The molecule has 5 nitrogen and oxygen atoms in total. The first-order chi connectivity index (χ1) is 14.1. The van der Waals surface area contributed by atoms with Crippen LogP contribution in [0.25, 0.3) is 11.0 Å². The molecule has 0 aliphatic heterocycles. The summed E-state index contributed by atoms with van der Waals surface area (Å²) >= 11 is 0. The summed E-state index contributed by atoms with van der Waals surface area (Å²) in [6.45, 7) is 3.85. The van der Waals surface area contributed by atoms with Crippen LogP contribution in [0, 0.1) is 23.2 Å². The van der Waals surface area contributed by atoms with Crippen molar-refractivity contribution in [2.45, 2.75) is 71.4 Å². The monoisotopic (exact) mass is 395 g/mol. The molecule has 4 saturated carbocycles. The van der Waals surface area contributed by atoms with Crippen molar-refractivity contribution < 1.29 is 4.79 Å². The lowest BCUT2D eigenvalue weighted by Gasteiger charge is -2.57. The fraction of sp³-hybridized carbons (Fsp3) is 0.667. The van der Waals surface area contributed by atoms with Crippen LogP contribution < -0.4 is 11.0 Å².